The lowest BCUT2D eigenvalue weighted by Gasteiger charge is -2.26. The van der Waals surface area contributed by atoms with Gasteiger partial charge in [0.15, 0.2) is 16.6 Å². The first-order chi connectivity index (χ1) is 17.3. The van der Waals surface area contributed by atoms with Crippen molar-refractivity contribution >= 4 is 45.8 Å². The third-order valence-electron chi connectivity index (χ3n) is 5.36. The van der Waals surface area contributed by atoms with Crippen LogP contribution < -0.4 is 20.1 Å². The van der Waals surface area contributed by atoms with Crippen molar-refractivity contribution in [2.45, 2.75) is 32.9 Å². The summed E-state index contributed by atoms with van der Waals surface area (Å²) in [5.41, 5.74) is 1.88. The summed E-state index contributed by atoms with van der Waals surface area (Å²) in [6.45, 7) is 4.08. The summed E-state index contributed by atoms with van der Waals surface area (Å²) in [6, 6.07) is 11.8. The second-order valence-corrected chi connectivity index (χ2v) is 9.66. The van der Waals surface area contributed by atoms with Gasteiger partial charge in [-0.25, -0.2) is 4.98 Å². The first-order valence-corrected chi connectivity index (χ1v) is 12.5. The number of fused-ring (bicyclic) bond motifs is 1. The lowest BCUT2D eigenvalue weighted by atomic mass is 10.1. The van der Waals surface area contributed by atoms with Crippen molar-refractivity contribution in [1.82, 2.24) is 15.2 Å². The zero-order valence-corrected chi connectivity index (χ0v) is 21.3. The van der Waals surface area contributed by atoms with E-state index >= 15 is 0 Å². The first-order valence-electron chi connectivity index (χ1n) is 11.2. The maximum atomic E-state index is 12.9. The van der Waals surface area contributed by atoms with Crippen LogP contribution in [0.4, 0.5) is 5.13 Å². The highest BCUT2D eigenvalue weighted by atomic mass is 35.5. The smallest absolute Gasteiger partial charge is 0.254 e. The normalized spacial score (nSPS) is 11.9. The van der Waals surface area contributed by atoms with E-state index in [4.69, 9.17) is 21.1 Å². The van der Waals surface area contributed by atoms with Crippen molar-refractivity contribution in [1.29, 1.82) is 0 Å². The Balaban J connectivity index is 1.27. The Morgan fingerprint density at radius 2 is 1.83 bits per heavy atom. The molecule has 3 amide bonds. The van der Waals surface area contributed by atoms with E-state index < -0.39 is 0 Å². The van der Waals surface area contributed by atoms with E-state index in [2.05, 4.69) is 15.6 Å². The number of hydrogen-bond acceptors (Lipinski definition) is 7. The average Bonchev–Trinajstić information content (AvgIpc) is 3.50. The minimum absolute atomic E-state index is 0.0735. The number of thiazole rings is 1. The molecule has 36 heavy (non-hydrogen) atoms. The van der Waals surface area contributed by atoms with Gasteiger partial charge in [0, 0.05) is 28.6 Å². The van der Waals surface area contributed by atoms with Gasteiger partial charge < -0.3 is 25.0 Å². The Hall–Kier alpha value is -3.63. The Morgan fingerprint density at radius 1 is 1.08 bits per heavy atom. The third-order valence-corrected chi connectivity index (χ3v) is 6.41. The molecule has 0 bridgehead atoms. The van der Waals surface area contributed by atoms with Crippen LogP contribution in [0.25, 0.3) is 0 Å². The number of aromatic nitrogens is 1. The summed E-state index contributed by atoms with van der Waals surface area (Å²) in [5.74, 6) is 0.505. The molecule has 4 rings (SSSR count). The van der Waals surface area contributed by atoms with Crippen LogP contribution in [0.3, 0.4) is 0 Å². The molecule has 0 spiro atoms. The number of rotatable bonds is 9. The Kier molecular flexibility index (Phi) is 8.07. The third kappa shape index (κ3) is 6.52. The molecule has 11 heteroatoms. The van der Waals surface area contributed by atoms with Crippen molar-refractivity contribution in [3.8, 4) is 11.5 Å². The van der Waals surface area contributed by atoms with Crippen LogP contribution in [0.1, 0.15) is 35.5 Å². The van der Waals surface area contributed by atoms with Crippen molar-refractivity contribution in [3.63, 3.8) is 0 Å². The van der Waals surface area contributed by atoms with Gasteiger partial charge in [-0.05, 0) is 55.8 Å². The fraction of sp³-hybridized carbons (Fsp3) is 0.280. The Labute approximate surface area is 217 Å². The molecular weight excluding hydrogens is 504 g/mol. The quantitative estimate of drug-likeness (QED) is 0.436. The number of halogens is 1. The number of carbonyl (C=O) groups excluding carboxylic acids is 3. The number of benzene rings is 2. The second kappa shape index (κ2) is 11.4. The average molecular weight is 529 g/mol. The lowest BCUT2D eigenvalue weighted by molar-refractivity contribution is -0.120. The number of nitrogens with zero attached hydrogens (tertiary/aromatic N) is 2. The van der Waals surface area contributed by atoms with Crippen LogP contribution in [0.2, 0.25) is 5.02 Å². The van der Waals surface area contributed by atoms with E-state index in [0.717, 1.165) is 5.56 Å². The second-order valence-electron chi connectivity index (χ2n) is 8.37. The van der Waals surface area contributed by atoms with E-state index in [0.29, 0.717) is 39.5 Å². The molecule has 9 nitrogen and oxygen atoms in total. The van der Waals surface area contributed by atoms with Gasteiger partial charge in [0.1, 0.15) is 6.54 Å². The monoisotopic (exact) mass is 528 g/mol. The number of ether oxygens (including phenoxy) is 2. The largest absolute Gasteiger partial charge is 0.454 e. The topological polar surface area (TPSA) is 110 Å². The van der Waals surface area contributed by atoms with Gasteiger partial charge in [-0.2, -0.15) is 0 Å². The zero-order valence-electron chi connectivity index (χ0n) is 19.7. The number of hydrogen-bond donors (Lipinski definition) is 2. The van der Waals surface area contributed by atoms with Gasteiger partial charge >= 0.3 is 0 Å². The molecule has 0 unspecified atom stereocenters. The Morgan fingerprint density at radius 3 is 2.58 bits per heavy atom. The molecule has 0 saturated heterocycles. The van der Waals surface area contributed by atoms with Gasteiger partial charge in [-0.3, -0.25) is 14.4 Å². The number of amides is 3. The fourth-order valence-electron chi connectivity index (χ4n) is 3.48. The van der Waals surface area contributed by atoms with Crippen LogP contribution in [0.5, 0.6) is 11.5 Å². The highest BCUT2D eigenvalue weighted by Gasteiger charge is 2.22. The predicted octanol–water partition coefficient (Wildman–Crippen LogP) is 3.87. The molecule has 2 N–H and O–H groups in total. The molecule has 0 atom stereocenters. The number of nitrogens with one attached hydrogen (secondary N) is 2. The first kappa shape index (κ1) is 25.5. The molecule has 1 aromatic heterocycles. The maximum Gasteiger partial charge on any atom is 0.254 e. The fourth-order valence-corrected chi connectivity index (χ4v) is 4.34. The van der Waals surface area contributed by atoms with Crippen LogP contribution in [0, 0.1) is 0 Å². The molecular formula is C25H25ClN4O5S. The lowest BCUT2D eigenvalue weighted by Crippen LogP contribution is -2.42. The van der Waals surface area contributed by atoms with Gasteiger partial charge in [-0.1, -0.05) is 17.7 Å². The molecule has 0 saturated carbocycles. The number of carbonyl (C=O) groups is 3. The molecule has 2 aromatic carbocycles. The van der Waals surface area contributed by atoms with Crippen LogP contribution in [-0.4, -0.2) is 47.0 Å². The van der Waals surface area contributed by atoms with E-state index in [1.165, 1.54) is 16.2 Å². The zero-order chi connectivity index (χ0) is 25.7. The summed E-state index contributed by atoms with van der Waals surface area (Å²) < 4.78 is 10.6. The van der Waals surface area contributed by atoms with Gasteiger partial charge in [0.05, 0.1) is 12.1 Å². The summed E-state index contributed by atoms with van der Waals surface area (Å²) >= 11 is 7.12. The van der Waals surface area contributed by atoms with Crippen molar-refractivity contribution in [3.05, 3.63) is 69.7 Å². The molecule has 1 aliphatic rings. The van der Waals surface area contributed by atoms with Crippen LogP contribution in [-0.2, 0) is 22.6 Å². The van der Waals surface area contributed by atoms with Crippen molar-refractivity contribution in [2.24, 2.45) is 0 Å². The molecule has 2 heterocycles. The summed E-state index contributed by atoms with van der Waals surface area (Å²) in [5, 5.41) is 8.17. The molecule has 0 aliphatic carbocycles. The van der Waals surface area contributed by atoms with Gasteiger partial charge in [0.25, 0.3) is 5.91 Å². The molecule has 3 aromatic rings. The molecule has 0 radical (unpaired) electrons. The van der Waals surface area contributed by atoms with Crippen molar-refractivity contribution < 1.29 is 23.9 Å². The van der Waals surface area contributed by atoms with E-state index in [1.54, 1.807) is 29.6 Å². The molecule has 0 fully saturated rings. The van der Waals surface area contributed by atoms with E-state index in [1.807, 2.05) is 32.0 Å². The maximum absolute atomic E-state index is 12.9. The minimum atomic E-state index is -0.376. The summed E-state index contributed by atoms with van der Waals surface area (Å²) in [7, 11) is 0. The van der Waals surface area contributed by atoms with E-state index in [9.17, 15) is 14.4 Å². The SMILES string of the molecule is CC(C)N(CC(=O)Nc1nc(CC(=O)NCc2ccc3c(c2)OCO3)cs1)C(=O)c1ccc(Cl)cc1. The summed E-state index contributed by atoms with van der Waals surface area (Å²) in [4.78, 5) is 43.7. The van der Waals surface area contributed by atoms with E-state index in [-0.39, 0.29) is 43.5 Å². The van der Waals surface area contributed by atoms with Gasteiger partial charge in [-0.15, -0.1) is 11.3 Å². The molecule has 1 aliphatic heterocycles. The van der Waals surface area contributed by atoms with Crippen LogP contribution >= 0.6 is 22.9 Å². The molecule has 188 valence electrons. The van der Waals surface area contributed by atoms with Crippen molar-refractivity contribution in [2.75, 3.05) is 18.7 Å². The highest BCUT2D eigenvalue weighted by molar-refractivity contribution is 7.13. The summed E-state index contributed by atoms with van der Waals surface area (Å²) in [6.07, 6.45) is 0.0735. The highest BCUT2D eigenvalue weighted by Crippen LogP contribution is 2.32. The van der Waals surface area contributed by atoms with Gasteiger partial charge in [0.2, 0.25) is 18.6 Å². The predicted molar refractivity (Wildman–Crippen MR) is 136 cm³/mol. The Bertz CT molecular complexity index is 1260. The standard InChI is InChI=1S/C25H25ClN4O5S/c1-15(2)30(24(33)17-4-6-18(26)7-5-17)12-23(32)29-25-28-19(13-36-25)10-22(31)27-11-16-3-8-20-21(9-16)35-14-34-20/h3-9,13,15H,10-12,14H2,1-2H3,(H,27,31)(H,28,29,32). The number of anilines is 1. The van der Waals surface area contributed by atoms with Crippen LogP contribution in [0.15, 0.2) is 47.8 Å². The minimum Gasteiger partial charge on any atom is -0.454 e.